The van der Waals surface area contributed by atoms with Gasteiger partial charge in [0.05, 0.1) is 21.0 Å². The van der Waals surface area contributed by atoms with Gasteiger partial charge in [0, 0.05) is 18.3 Å². The van der Waals surface area contributed by atoms with Gasteiger partial charge in [0.15, 0.2) is 0 Å². The first kappa shape index (κ1) is 43.6. The Kier molecular flexibility index (Phi) is 13.8. The van der Waals surface area contributed by atoms with Crippen LogP contribution in [-0.2, 0) is 40.5 Å². The summed E-state index contributed by atoms with van der Waals surface area (Å²) in [6.07, 6.45) is 7.23. The summed E-state index contributed by atoms with van der Waals surface area (Å²) in [6, 6.07) is 9.83. The van der Waals surface area contributed by atoms with Crippen molar-refractivity contribution in [2.24, 2.45) is 23.7 Å². The molecule has 13 nitrogen and oxygen atoms in total. The Morgan fingerprint density at radius 2 is 0.811 bits per heavy atom. The van der Waals surface area contributed by atoms with Crippen molar-refractivity contribution in [1.82, 2.24) is 0 Å². The van der Waals surface area contributed by atoms with E-state index in [1.54, 1.807) is 0 Å². The van der Waals surface area contributed by atoms with Crippen LogP contribution in [0.4, 0.5) is 5.69 Å². The molecule has 4 aliphatic rings. The molecule has 0 aliphatic heterocycles. The quantitative estimate of drug-likeness (QED) is 0.100. The molecule has 53 heavy (non-hydrogen) atoms. The Labute approximate surface area is 320 Å². The van der Waals surface area contributed by atoms with E-state index in [-0.39, 0.29) is 66.5 Å². The second-order valence-electron chi connectivity index (χ2n) is 15.9. The highest BCUT2D eigenvalue weighted by Gasteiger charge is 2.53. The summed E-state index contributed by atoms with van der Waals surface area (Å²) >= 11 is 0. The molecule has 0 bridgehead atoms. The standard InChI is InChI=1S/C34H57NO12P2S4/c1-3-33(24-10-14-29(18-24)50(36,37)38,25-11-15-30(19-25)51(39,40)41)48-22-35(28-8-6-5-7-9-28)23-49-34(4-2,26-12-16-31(20-26)52(42,43)44)27-13-17-32(21-27)53(45,46)47/h5-9,24-27,29-32,48-49H,3-4,10-23H2,1-2H3,(H,36,37,38)(H,39,40,41)(H,42,43,44)(H,45,46,47). The maximum Gasteiger partial charge on any atom is 0.267 e. The zero-order valence-corrected chi connectivity index (χ0v) is 35.7. The van der Waals surface area contributed by atoms with Gasteiger partial charge in [-0.05, 0) is 136 Å². The molecule has 10 atom stereocenters. The van der Waals surface area contributed by atoms with Crippen molar-refractivity contribution in [3.63, 3.8) is 0 Å². The van der Waals surface area contributed by atoms with Crippen LogP contribution in [0.2, 0.25) is 0 Å². The topological polar surface area (TPSA) is 221 Å². The molecule has 0 heterocycles. The second-order valence-corrected chi connectivity index (χ2v) is 25.9. The Balaban J connectivity index is 1.47. The van der Waals surface area contributed by atoms with Crippen molar-refractivity contribution in [1.29, 1.82) is 0 Å². The van der Waals surface area contributed by atoms with Crippen LogP contribution in [0, 0.1) is 23.7 Å². The lowest BCUT2D eigenvalue weighted by molar-refractivity contribution is 0.259. The highest BCUT2D eigenvalue weighted by atomic mass is 32.2. The van der Waals surface area contributed by atoms with Crippen molar-refractivity contribution in [3.05, 3.63) is 30.3 Å². The Hall–Kier alpha value is -0.480. The molecule has 1 aromatic carbocycles. The van der Waals surface area contributed by atoms with Gasteiger partial charge < -0.3 is 4.90 Å². The van der Waals surface area contributed by atoms with E-state index < -0.39 is 71.8 Å². The molecule has 5 rings (SSSR count). The van der Waals surface area contributed by atoms with E-state index in [0.29, 0.717) is 76.8 Å². The summed E-state index contributed by atoms with van der Waals surface area (Å²) in [4.78, 5) is 2.29. The highest BCUT2D eigenvalue weighted by molar-refractivity contribution is 7.87. The van der Waals surface area contributed by atoms with Gasteiger partial charge in [-0.2, -0.15) is 33.7 Å². The van der Waals surface area contributed by atoms with Crippen LogP contribution in [-0.4, -0.2) is 95.8 Å². The molecular formula is C34H57NO12P2S4. The summed E-state index contributed by atoms with van der Waals surface area (Å²) in [5.41, 5.74) is 0.955. The van der Waals surface area contributed by atoms with Gasteiger partial charge in [0.1, 0.15) is 0 Å². The fourth-order valence-electron chi connectivity index (χ4n) is 10.7. The van der Waals surface area contributed by atoms with Crippen LogP contribution < -0.4 is 4.90 Å². The normalized spacial score (nSPS) is 32.9. The van der Waals surface area contributed by atoms with Gasteiger partial charge in [0.25, 0.3) is 40.5 Å². The monoisotopic (exact) mass is 861 g/mol. The predicted molar refractivity (Wildman–Crippen MR) is 212 cm³/mol. The molecule has 1 aromatic rings. The van der Waals surface area contributed by atoms with Gasteiger partial charge in [0.2, 0.25) is 0 Å². The van der Waals surface area contributed by atoms with Crippen LogP contribution >= 0.6 is 17.2 Å². The third kappa shape index (κ3) is 9.80. The first-order chi connectivity index (χ1) is 24.6. The molecule has 4 N–H and O–H groups in total. The highest BCUT2D eigenvalue weighted by Crippen LogP contribution is 2.60. The van der Waals surface area contributed by atoms with E-state index in [4.69, 9.17) is 0 Å². The van der Waals surface area contributed by atoms with Crippen LogP contribution in [0.5, 0.6) is 0 Å². The molecular weight excluding hydrogens is 805 g/mol. The lowest BCUT2D eigenvalue weighted by Gasteiger charge is -2.47. The number of anilines is 1. The smallest absolute Gasteiger partial charge is 0.267 e. The van der Waals surface area contributed by atoms with E-state index in [9.17, 15) is 51.9 Å². The number of rotatable bonds is 17. The molecule has 304 valence electrons. The minimum absolute atomic E-state index is 0.0792. The summed E-state index contributed by atoms with van der Waals surface area (Å²) in [6.45, 7) is 4.12. The van der Waals surface area contributed by atoms with Crippen molar-refractivity contribution in [2.75, 3.05) is 17.5 Å². The van der Waals surface area contributed by atoms with Crippen LogP contribution in [0.25, 0.3) is 0 Å². The third-order valence-corrected chi connectivity index (χ3v) is 23.4. The first-order valence-corrected chi connectivity index (χ1v) is 27.2. The Morgan fingerprint density at radius 1 is 0.528 bits per heavy atom. The van der Waals surface area contributed by atoms with E-state index in [0.717, 1.165) is 5.69 Å². The maximum atomic E-state index is 12.3. The Morgan fingerprint density at radius 3 is 1.04 bits per heavy atom. The lowest BCUT2D eigenvalue weighted by Crippen LogP contribution is -2.43. The zero-order valence-electron chi connectivity index (χ0n) is 30.5. The number of benzene rings is 1. The summed E-state index contributed by atoms with van der Waals surface area (Å²) in [5.74, 6) is -0.317. The molecule has 4 saturated carbocycles. The fourth-order valence-corrected chi connectivity index (χ4v) is 18.8. The van der Waals surface area contributed by atoms with Gasteiger partial charge in [-0.25, -0.2) is 0 Å². The number of nitrogens with zero attached hydrogens (tertiary/aromatic N) is 1. The predicted octanol–water partition coefficient (Wildman–Crippen LogP) is 6.29. The average molecular weight is 862 g/mol. The summed E-state index contributed by atoms with van der Waals surface area (Å²) < 4.78 is 138. The molecule has 4 fully saturated rings. The van der Waals surface area contributed by atoms with E-state index >= 15 is 0 Å². The van der Waals surface area contributed by atoms with Gasteiger partial charge in [-0.3, -0.25) is 18.2 Å². The first-order valence-electron chi connectivity index (χ1n) is 18.8. The summed E-state index contributed by atoms with van der Waals surface area (Å²) in [7, 11) is -16.5. The average Bonchev–Trinajstić information content (AvgIpc) is 3.90. The van der Waals surface area contributed by atoms with Crippen LogP contribution in [0.15, 0.2) is 30.3 Å². The minimum Gasteiger partial charge on any atom is -0.364 e. The molecule has 0 spiro atoms. The second kappa shape index (κ2) is 16.8. The maximum absolute atomic E-state index is 12.3. The molecule has 0 radical (unpaired) electrons. The molecule has 19 heteroatoms. The fraction of sp³-hybridized carbons (Fsp3) is 0.824. The summed E-state index contributed by atoms with van der Waals surface area (Å²) in [5, 5.41) is -4.41. The van der Waals surface area contributed by atoms with Crippen molar-refractivity contribution >= 4 is 63.3 Å². The van der Waals surface area contributed by atoms with Crippen molar-refractivity contribution in [3.8, 4) is 0 Å². The molecule has 4 aliphatic carbocycles. The van der Waals surface area contributed by atoms with Crippen molar-refractivity contribution in [2.45, 2.75) is 135 Å². The molecule has 0 amide bonds. The van der Waals surface area contributed by atoms with E-state index in [2.05, 4.69) is 18.7 Å². The van der Waals surface area contributed by atoms with Crippen LogP contribution in [0.3, 0.4) is 0 Å². The minimum atomic E-state index is -4.26. The number of para-hydroxylation sites is 1. The molecule has 0 aromatic heterocycles. The molecule has 10 unspecified atom stereocenters. The van der Waals surface area contributed by atoms with E-state index in [1.807, 2.05) is 30.3 Å². The van der Waals surface area contributed by atoms with Crippen LogP contribution in [0.1, 0.15) is 104 Å². The van der Waals surface area contributed by atoms with Gasteiger partial charge in [-0.1, -0.05) is 49.2 Å². The Bertz CT molecular complexity index is 1650. The van der Waals surface area contributed by atoms with E-state index in [1.165, 1.54) is 0 Å². The van der Waals surface area contributed by atoms with Gasteiger partial charge in [-0.15, -0.1) is 0 Å². The SMILES string of the molecule is CCC(PCN(CPC(CC)(C1CCC(S(=O)(=O)O)C1)C1CCC(S(=O)(=O)O)C1)c1ccccc1)(C1CCC(S(=O)(=O)O)C1)C1CCC(S(=O)(=O)O)C1. The largest absolute Gasteiger partial charge is 0.364 e. The zero-order chi connectivity index (χ0) is 39.0. The number of hydrogen-bond donors (Lipinski definition) is 4. The van der Waals surface area contributed by atoms with Crippen molar-refractivity contribution < 1.29 is 51.9 Å². The number of hydrogen-bond acceptors (Lipinski definition) is 9. The lowest BCUT2D eigenvalue weighted by atomic mass is 9.76. The molecule has 0 saturated heterocycles. The van der Waals surface area contributed by atoms with Gasteiger partial charge >= 0.3 is 0 Å². The third-order valence-electron chi connectivity index (χ3n) is 13.6.